The van der Waals surface area contributed by atoms with E-state index < -0.39 is 10.0 Å². The number of hydrogen-bond acceptors (Lipinski definition) is 4. The summed E-state index contributed by atoms with van der Waals surface area (Å²) in [6.45, 7) is 3.68. The van der Waals surface area contributed by atoms with Crippen LogP contribution in [0, 0.1) is 0 Å². The predicted molar refractivity (Wildman–Crippen MR) is 71.0 cm³/mol. The maximum Gasteiger partial charge on any atom is 0.217 e. The van der Waals surface area contributed by atoms with Crippen LogP contribution in [-0.2, 0) is 14.8 Å². The lowest BCUT2D eigenvalue weighted by atomic mass is 10.1. The third kappa shape index (κ3) is 3.44. The molecule has 1 saturated heterocycles. The summed E-state index contributed by atoms with van der Waals surface area (Å²) in [5, 5.41) is 2.93. The molecule has 2 fully saturated rings. The molecular weight excluding hydrogens is 252 g/mol. The van der Waals surface area contributed by atoms with E-state index in [9.17, 15) is 8.42 Å². The summed E-state index contributed by atoms with van der Waals surface area (Å²) in [4.78, 5) is 0. The first kappa shape index (κ1) is 14.2. The van der Waals surface area contributed by atoms with E-state index in [0.717, 1.165) is 12.8 Å². The highest BCUT2D eigenvalue weighted by Crippen LogP contribution is 2.21. The molecule has 1 atom stereocenters. The summed E-state index contributed by atoms with van der Waals surface area (Å²) >= 11 is 0. The van der Waals surface area contributed by atoms with Crippen LogP contribution >= 0.6 is 0 Å². The fraction of sp³-hybridized carbons (Fsp3) is 1.00. The molecule has 18 heavy (non-hydrogen) atoms. The van der Waals surface area contributed by atoms with Crippen molar-refractivity contribution in [2.75, 3.05) is 26.8 Å². The Labute approximate surface area is 110 Å². The number of ether oxygens (including phenoxy) is 1. The lowest BCUT2D eigenvalue weighted by Gasteiger charge is -2.32. The fourth-order valence-electron chi connectivity index (χ4n) is 2.27. The largest absolute Gasteiger partial charge is 0.381 e. The highest BCUT2D eigenvalue weighted by Gasteiger charge is 2.33. The number of hydrogen-bond donors (Lipinski definition) is 1. The van der Waals surface area contributed by atoms with Crippen molar-refractivity contribution >= 4 is 10.0 Å². The second kappa shape index (κ2) is 5.86. The minimum absolute atomic E-state index is 0.104. The Kier molecular flexibility index (Phi) is 4.64. The van der Waals surface area contributed by atoms with E-state index in [1.54, 1.807) is 18.3 Å². The molecular formula is C12H24N2O3S. The first-order valence-corrected chi connectivity index (χ1v) is 8.30. The van der Waals surface area contributed by atoms with E-state index in [0.29, 0.717) is 25.8 Å². The Morgan fingerprint density at radius 3 is 2.44 bits per heavy atom. The van der Waals surface area contributed by atoms with Crippen LogP contribution in [0.5, 0.6) is 0 Å². The summed E-state index contributed by atoms with van der Waals surface area (Å²) in [5.74, 6) is 0. The number of nitrogens with zero attached hydrogens (tertiary/aromatic N) is 1. The molecule has 1 aliphatic heterocycles. The van der Waals surface area contributed by atoms with Gasteiger partial charge in [-0.1, -0.05) is 0 Å². The molecule has 1 heterocycles. The van der Waals surface area contributed by atoms with Gasteiger partial charge in [0.25, 0.3) is 0 Å². The van der Waals surface area contributed by atoms with Crippen molar-refractivity contribution in [2.24, 2.45) is 0 Å². The van der Waals surface area contributed by atoms with Crippen LogP contribution in [0.2, 0.25) is 0 Å². The molecule has 1 saturated carbocycles. The summed E-state index contributed by atoms with van der Waals surface area (Å²) in [6, 6.07) is 0.656. The number of sulfonamides is 1. The van der Waals surface area contributed by atoms with E-state index in [2.05, 4.69) is 5.32 Å². The zero-order chi connectivity index (χ0) is 13.2. The van der Waals surface area contributed by atoms with E-state index in [1.807, 2.05) is 0 Å². The minimum atomic E-state index is -3.19. The van der Waals surface area contributed by atoms with Crippen LogP contribution in [-0.4, -0.2) is 56.9 Å². The molecule has 0 radical (unpaired) electrons. The Bertz CT molecular complexity index is 362. The Morgan fingerprint density at radius 2 is 1.89 bits per heavy atom. The van der Waals surface area contributed by atoms with E-state index >= 15 is 0 Å². The van der Waals surface area contributed by atoms with Crippen molar-refractivity contribution in [1.82, 2.24) is 9.62 Å². The quantitative estimate of drug-likeness (QED) is 0.770. The maximum absolute atomic E-state index is 12.4. The van der Waals surface area contributed by atoms with Crippen molar-refractivity contribution in [2.45, 2.75) is 49.9 Å². The van der Waals surface area contributed by atoms with Gasteiger partial charge in [-0.15, -0.1) is 0 Å². The third-order valence-corrected chi connectivity index (χ3v) is 6.17. The lowest BCUT2D eigenvalue weighted by Crippen LogP contribution is -2.46. The summed E-state index contributed by atoms with van der Waals surface area (Å²) in [5.41, 5.74) is 0. The first-order chi connectivity index (χ1) is 8.51. The molecule has 1 unspecified atom stereocenters. The molecule has 0 bridgehead atoms. The molecule has 2 aliphatic rings. The van der Waals surface area contributed by atoms with Crippen molar-refractivity contribution < 1.29 is 13.2 Å². The maximum atomic E-state index is 12.4. The minimum Gasteiger partial charge on any atom is -0.381 e. The zero-order valence-corrected chi connectivity index (χ0v) is 12.1. The Balaban J connectivity index is 1.89. The monoisotopic (exact) mass is 276 g/mol. The van der Waals surface area contributed by atoms with Crippen LogP contribution in [0.15, 0.2) is 0 Å². The Hall–Kier alpha value is -0.170. The van der Waals surface area contributed by atoms with Crippen molar-refractivity contribution in [3.05, 3.63) is 0 Å². The van der Waals surface area contributed by atoms with Crippen LogP contribution in [0.3, 0.4) is 0 Å². The fourth-order valence-corrected chi connectivity index (χ4v) is 3.77. The van der Waals surface area contributed by atoms with Crippen LogP contribution in [0.25, 0.3) is 0 Å². The van der Waals surface area contributed by atoms with E-state index in [1.165, 1.54) is 12.8 Å². The molecule has 0 spiro atoms. The molecule has 6 heteroatoms. The van der Waals surface area contributed by atoms with Crippen LogP contribution in [0.1, 0.15) is 32.6 Å². The molecule has 0 aromatic rings. The van der Waals surface area contributed by atoms with Gasteiger partial charge in [-0.2, -0.15) is 0 Å². The molecule has 5 nitrogen and oxygen atoms in total. The summed E-state index contributed by atoms with van der Waals surface area (Å²) < 4.78 is 31.7. The zero-order valence-electron chi connectivity index (χ0n) is 11.3. The Morgan fingerprint density at radius 1 is 1.28 bits per heavy atom. The smallest absolute Gasteiger partial charge is 0.217 e. The molecule has 0 aromatic carbocycles. The SMILES string of the molecule is CC(CNC1CC1)S(=O)(=O)N(C)C1CCOCC1. The molecule has 1 aliphatic carbocycles. The summed E-state index contributed by atoms with van der Waals surface area (Å²) in [6.07, 6.45) is 3.97. The van der Waals surface area contributed by atoms with Gasteiger partial charge in [0.2, 0.25) is 10.0 Å². The van der Waals surface area contributed by atoms with Crippen molar-refractivity contribution in [3.8, 4) is 0 Å². The van der Waals surface area contributed by atoms with Crippen LogP contribution in [0.4, 0.5) is 0 Å². The second-order valence-electron chi connectivity index (χ2n) is 5.40. The van der Waals surface area contributed by atoms with Crippen molar-refractivity contribution in [1.29, 1.82) is 0 Å². The standard InChI is InChI=1S/C12H24N2O3S/c1-10(9-13-11-3-4-11)18(15,16)14(2)12-5-7-17-8-6-12/h10-13H,3-9H2,1-2H3. The van der Waals surface area contributed by atoms with E-state index in [4.69, 9.17) is 4.74 Å². The van der Waals surface area contributed by atoms with Gasteiger partial charge in [0, 0.05) is 38.9 Å². The highest BCUT2D eigenvalue weighted by atomic mass is 32.2. The van der Waals surface area contributed by atoms with Gasteiger partial charge >= 0.3 is 0 Å². The van der Waals surface area contributed by atoms with Crippen LogP contribution < -0.4 is 5.32 Å². The number of nitrogens with one attached hydrogen (secondary N) is 1. The van der Waals surface area contributed by atoms with Gasteiger partial charge in [0.15, 0.2) is 0 Å². The highest BCUT2D eigenvalue weighted by molar-refractivity contribution is 7.89. The molecule has 0 amide bonds. The number of rotatable bonds is 6. The van der Waals surface area contributed by atoms with Gasteiger partial charge in [-0.05, 0) is 32.6 Å². The van der Waals surface area contributed by atoms with Gasteiger partial charge in [-0.3, -0.25) is 0 Å². The third-order valence-electron chi connectivity index (χ3n) is 3.89. The average molecular weight is 276 g/mol. The molecule has 1 N–H and O–H groups in total. The normalized spacial score (nSPS) is 24.4. The van der Waals surface area contributed by atoms with Gasteiger partial charge in [0.1, 0.15) is 0 Å². The predicted octanol–water partition coefficient (Wildman–Crippen LogP) is 0.568. The molecule has 106 valence electrons. The van der Waals surface area contributed by atoms with Gasteiger partial charge < -0.3 is 10.1 Å². The average Bonchev–Trinajstić information content (AvgIpc) is 3.20. The van der Waals surface area contributed by atoms with Gasteiger partial charge in [0.05, 0.1) is 5.25 Å². The van der Waals surface area contributed by atoms with Crippen molar-refractivity contribution in [3.63, 3.8) is 0 Å². The van der Waals surface area contributed by atoms with E-state index in [-0.39, 0.29) is 11.3 Å². The second-order valence-corrected chi connectivity index (χ2v) is 7.81. The molecule has 2 rings (SSSR count). The topological polar surface area (TPSA) is 58.6 Å². The first-order valence-electron chi connectivity index (χ1n) is 6.80. The molecule has 0 aromatic heterocycles. The lowest BCUT2D eigenvalue weighted by molar-refractivity contribution is 0.0630. The van der Waals surface area contributed by atoms with Gasteiger partial charge in [-0.25, -0.2) is 12.7 Å². The summed E-state index contributed by atoms with van der Waals surface area (Å²) in [7, 11) is -1.48.